The van der Waals surface area contributed by atoms with E-state index in [4.69, 9.17) is 12.6 Å². The highest BCUT2D eigenvalue weighted by Crippen LogP contribution is 2.29. The first-order chi connectivity index (χ1) is 7.09. The number of hydrogen-bond acceptors (Lipinski definition) is 2. The average Bonchev–Trinajstić information content (AvgIpc) is 2.08. The van der Waals surface area contributed by atoms with Gasteiger partial charge in [-0.25, -0.2) is 0 Å². The van der Waals surface area contributed by atoms with Crippen molar-refractivity contribution in [2.24, 2.45) is 5.92 Å². The van der Waals surface area contributed by atoms with E-state index in [-0.39, 0.29) is 5.92 Å². The van der Waals surface area contributed by atoms with Gasteiger partial charge in [0.2, 0.25) is 0 Å². The molecule has 0 amide bonds. The molecule has 1 unspecified atom stereocenters. The van der Waals surface area contributed by atoms with Crippen molar-refractivity contribution in [1.82, 2.24) is 0 Å². The van der Waals surface area contributed by atoms with Gasteiger partial charge in [-0.15, -0.1) is 0 Å². The summed E-state index contributed by atoms with van der Waals surface area (Å²) in [6.07, 6.45) is -0.444. The molecule has 1 N–H and O–H groups in total. The van der Waals surface area contributed by atoms with Crippen LogP contribution in [-0.2, 0) is 4.74 Å². The summed E-state index contributed by atoms with van der Waals surface area (Å²) in [7, 11) is 5.88. The lowest BCUT2D eigenvalue weighted by atomic mass is 9.82. The molecule has 2 rings (SSSR count). The lowest BCUT2D eigenvalue weighted by molar-refractivity contribution is -0.0925. The molecule has 78 valence electrons. The van der Waals surface area contributed by atoms with Gasteiger partial charge in [0.15, 0.2) is 0 Å². The largest absolute Gasteiger partial charge is 0.388 e. The van der Waals surface area contributed by atoms with Crippen LogP contribution in [0.25, 0.3) is 0 Å². The zero-order valence-electron chi connectivity index (χ0n) is 9.16. The van der Waals surface area contributed by atoms with Crippen LogP contribution in [0.2, 0.25) is 0 Å². The van der Waals surface area contributed by atoms with Gasteiger partial charge in [0.1, 0.15) is 7.85 Å². The van der Waals surface area contributed by atoms with Gasteiger partial charge in [0, 0.05) is 5.92 Å². The number of rotatable bonds is 2. The highest BCUT2D eigenvalue weighted by atomic mass is 16.5. The molecule has 1 saturated heterocycles. The Morgan fingerprint density at radius 2 is 2.07 bits per heavy atom. The molecule has 1 aromatic rings. The van der Waals surface area contributed by atoms with E-state index in [0.29, 0.717) is 13.2 Å². The van der Waals surface area contributed by atoms with Gasteiger partial charge in [-0.2, -0.15) is 0 Å². The fraction of sp³-hybridized carbons (Fsp3) is 0.500. The second-order valence-corrected chi connectivity index (χ2v) is 4.31. The van der Waals surface area contributed by atoms with E-state index in [2.05, 4.69) is 0 Å². The zero-order chi connectivity index (χ0) is 11.0. The highest BCUT2D eigenvalue weighted by Gasteiger charge is 2.29. The fourth-order valence-electron chi connectivity index (χ4n) is 1.91. The maximum atomic E-state index is 10.1. The van der Waals surface area contributed by atoms with E-state index in [1.807, 2.05) is 26.0 Å². The molecule has 1 heterocycles. The molecule has 1 atom stereocenters. The van der Waals surface area contributed by atoms with E-state index in [1.165, 1.54) is 0 Å². The quantitative estimate of drug-likeness (QED) is 0.718. The predicted octanol–water partition coefficient (Wildman–Crippen LogP) is 0.777. The molecule has 3 heteroatoms. The Labute approximate surface area is 91.7 Å². The molecule has 0 saturated carbocycles. The van der Waals surface area contributed by atoms with E-state index in [1.54, 1.807) is 0 Å². The molecule has 2 radical (unpaired) electrons. The molecule has 0 aromatic heterocycles. The summed E-state index contributed by atoms with van der Waals surface area (Å²) in [4.78, 5) is 0. The Kier molecular flexibility index (Phi) is 2.85. The molecule has 15 heavy (non-hydrogen) atoms. The summed E-state index contributed by atoms with van der Waals surface area (Å²) in [5, 5.41) is 10.1. The third kappa shape index (κ3) is 1.94. The molecule has 1 aliphatic rings. The summed E-state index contributed by atoms with van der Waals surface area (Å²) in [6, 6.07) is 3.94. The third-order valence-corrected chi connectivity index (χ3v) is 3.06. The minimum absolute atomic E-state index is 0.227. The van der Waals surface area contributed by atoms with Crippen LogP contribution in [0.4, 0.5) is 0 Å². The first-order valence-electron chi connectivity index (χ1n) is 5.22. The van der Waals surface area contributed by atoms with Crippen LogP contribution in [0.3, 0.4) is 0 Å². The van der Waals surface area contributed by atoms with Crippen LogP contribution < -0.4 is 5.46 Å². The second kappa shape index (κ2) is 3.99. The average molecular weight is 202 g/mol. The molecular weight excluding hydrogens is 187 g/mol. The minimum Gasteiger partial charge on any atom is -0.388 e. The van der Waals surface area contributed by atoms with Gasteiger partial charge in [-0.3, -0.25) is 0 Å². The van der Waals surface area contributed by atoms with Crippen molar-refractivity contribution in [3.05, 3.63) is 28.8 Å². The monoisotopic (exact) mass is 202 g/mol. The molecule has 0 aliphatic carbocycles. The smallest absolute Gasteiger partial charge is 0.114 e. The Bertz CT molecular complexity index is 372. The predicted molar refractivity (Wildman–Crippen MR) is 60.6 cm³/mol. The van der Waals surface area contributed by atoms with Gasteiger partial charge in [0.25, 0.3) is 0 Å². The molecule has 0 bridgehead atoms. The maximum absolute atomic E-state index is 10.1. The van der Waals surface area contributed by atoms with E-state index >= 15 is 0 Å². The lowest BCUT2D eigenvalue weighted by Gasteiger charge is -2.32. The fourth-order valence-corrected chi connectivity index (χ4v) is 1.91. The van der Waals surface area contributed by atoms with Crippen molar-refractivity contribution in [1.29, 1.82) is 0 Å². The van der Waals surface area contributed by atoms with Crippen LogP contribution >= 0.6 is 0 Å². The van der Waals surface area contributed by atoms with Crippen molar-refractivity contribution in [3.8, 4) is 0 Å². The van der Waals surface area contributed by atoms with Crippen LogP contribution in [-0.4, -0.2) is 26.2 Å². The normalized spacial score (nSPS) is 18.6. The summed E-state index contributed by atoms with van der Waals surface area (Å²) in [5.74, 6) is 0.227. The molecule has 1 aromatic carbocycles. The minimum atomic E-state index is -0.444. The third-order valence-electron chi connectivity index (χ3n) is 3.06. The van der Waals surface area contributed by atoms with Crippen LogP contribution in [0, 0.1) is 19.8 Å². The van der Waals surface area contributed by atoms with E-state index in [9.17, 15) is 5.11 Å². The van der Waals surface area contributed by atoms with Gasteiger partial charge in [-0.1, -0.05) is 28.7 Å². The second-order valence-electron chi connectivity index (χ2n) is 4.31. The van der Waals surface area contributed by atoms with Crippen molar-refractivity contribution < 1.29 is 9.84 Å². The van der Waals surface area contributed by atoms with Gasteiger partial charge >= 0.3 is 0 Å². The standard InChI is InChI=1S/C12H15BO2/c1-7-3-10(8(2)11(13)4-7)12(14)9-5-15-6-9/h3-4,9,12,14H,5-6H2,1-2H3. The van der Waals surface area contributed by atoms with E-state index < -0.39 is 6.10 Å². The first kappa shape index (κ1) is 10.7. The Hall–Kier alpha value is -0.795. The van der Waals surface area contributed by atoms with Crippen molar-refractivity contribution in [2.45, 2.75) is 20.0 Å². The van der Waals surface area contributed by atoms with Crippen molar-refractivity contribution >= 4 is 13.3 Å². The van der Waals surface area contributed by atoms with Gasteiger partial charge < -0.3 is 9.84 Å². The number of benzene rings is 1. The molecule has 0 spiro atoms. The highest BCUT2D eigenvalue weighted by molar-refractivity contribution is 6.33. The van der Waals surface area contributed by atoms with Crippen LogP contribution in [0.1, 0.15) is 22.8 Å². The van der Waals surface area contributed by atoms with Gasteiger partial charge in [0.05, 0.1) is 19.3 Å². The molecule has 1 aliphatic heterocycles. The number of aliphatic hydroxyl groups is 1. The van der Waals surface area contributed by atoms with Crippen LogP contribution in [0.15, 0.2) is 12.1 Å². The number of aryl methyl sites for hydroxylation is 1. The summed E-state index contributed by atoms with van der Waals surface area (Å²) >= 11 is 0. The summed E-state index contributed by atoms with van der Waals surface area (Å²) in [5.41, 5.74) is 3.78. The van der Waals surface area contributed by atoms with Crippen molar-refractivity contribution in [3.63, 3.8) is 0 Å². The summed E-state index contributed by atoms with van der Waals surface area (Å²) in [6.45, 7) is 5.24. The topological polar surface area (TPSA) is 29.5 Å². The molecule has 2 nitrogen and oxygen atoms in total. The Morgan fingerprint density at radius 3 is 2.60 bits per heavy atom. The number of hydrogen-bond donors (Lipinski definition) is 1. The van der Waals surface area contributed by atoms with Crippen LogP contribution in [0.5, 0.6) is 0 Å². The van der Waals surface area contributed by atoms with E-state index in [0.717, 1.165) is 22.2 Å². The SMILES string of the molecule is [B]c1cc(C)cc(C(O)C2COC2)c1C. The first-order valence-corrected chi connectivity index (χ1v) is 5.22. The Balaban J connectivity index is 2.33. The zero-order valence-corrected chi connectivity index (χ0v) is 9.16. The van der Waals surface area contributed by atoms with Crippen molar-refractivity contribution in [2.75, 3.05) is 13.2 Å². The Morgan fingerprint density at radius 1 is 1.40 bits per heavy atom. The van der Waals surface area contributed by atoms with Gasteiger partial charge in [-0.05, 0) is 19.4 Å². The summed E-state index contributed by atoms with van der Waals surface area (Å²) < 4.78 is 5.09. The molecule has 1 fully saturated rings. The number of ether oxygens (including phenoxy) is 1. The maximum Gasteiger partial charge on any atom is 0.114 e. The molecular formula is C12H15BO2. The lowest BCUT2D eigenvalue weighted by Crippen LogP contribution is -2.34. The number of aliphatic hydroxyl groups excluding tert-OH is 1.